The van der Waals surface area contributed by atoms with E-state index in [0.717, 1.165) is 13.1 Å². The Labute approximate surface area is 55.8 Å². The molecule has 0 spiro atoms. The standard InChI is InChI=1S/C6H14N2O/c1-9-6(7)8-4-2-3-5-8/h6H,2-5,7H2,1H3. The van der Waals surface area contributed by atoms with E-state index in [4.69, 9.17) is 10.5 Å². The molecule has 1 unspecified atom stereocenters. The lowest BCUT2D eigenvalue weighted by Gasteiger charge is -2.20. The Kier molecular flexibility index (Phi) is 2.45. The van der Waals surface area contributed by atoms with Gasteiger partial charge in [0.1, 0.15) is 0 Å². The first kappa shape index (κ1) is 6.99. The van der Waals surface area contributed by atoms with Gasteiger partial charge in [0.2, 0.25) is 0 Å². The third-order valence-corrected chi connectivity index (χ3v) is 1.74. The third-order valence-electron chi connectivity index (χ3n) is 1.74. The smallest absolute Gasteiger partial charge is 0.163 e. The van der Waals surface area contributed by atoms with Crippen molar-refractivity contribution >= 4 is 0 Å². The van der Waals surface area contributed by atoms with E-state index in [1.165, 1.54) is 12.8 Å². The van der Waals surface area contributed by atoms with E-state index in [1.54, 1.807) is 7.11 Å². The second-order valence-corrected chi connectivity index (χ2v) is 2.37. The van der Waals surface area contributed by atoms with Crippen LogP contribution in [0.1, 0.15) is 12.8 Å². The second kappa shape index (κ2) is 3.15. The molecule has 0 aliphatic carbocycles. The Balaban J connectivity index is 2.24. The van der Waals surface area contributed by atoms with Crippen LogP contribution in [0.15, 0.2) is 0 Å². The van der Waals surface area contributed by atoms with Crippen molar-refractivity contribution in [1.29, 1.82) is 0 Å². The van der Waals surface area contributed by atoms with Gasteiger partial charge in [-0.15, -0.1) is 0 Å². The van der Waals surface area contributed by atoms with Gasteiger partial charge < -0.3 is 4.74 Å². The van der Waals surface area contributed by atoms with Crippen LogP contribution < -0.4 is 5.73 Å². The molecule has 3 nitrogen and oxygen atoms in total. The van der Waals surface area contributed by atoms with Gasteiger partial charge in [-0.25, -0.2) is 0 Å². The minimum absolute atomic E-state index is 0.174. The van der Waals surface area contributed by atoms with Gasteiger partial charge in [-0.1, -0.05) is 0 Å². The zero-order valence-electron chi connectivity index (χ0n) is 5.84. The average Bonchev–Trinajstić information content (AvgIpc) is 2.37. The number of nitrogens with zero attached hydrogens (tertiary/aromatic N) is 1. The van der Waals surface area contributed by atoms with Crippen LogP contribution >= 0.6 is 0 Å². The van der Waals surface area contributed by atoms with Gasteiger partial charge >= 0.3 is 0 Å². The van der Waals surface area contributed by atoms with Crippen LogP contribution in [-0.2, 0) is 4.74 Å². The van der Waals surface area contributed by atoms with Crippen LogP contribution in [0.4, 0.5) is 0 Å². The Morgan fingerprint density at radius 3 is 2.44 bits per heavy atom. The van der Waals surface area contributed by atoms with Gasteiger partial charge in [-0.2, -0.15) is 0 Å². The minimum Gasteiger partial charge on any atom is -0.353 e. The summed E-state index contributed by atoms with van der Waals surface area (Å²) in [5.74, 6) is 0. The van der Waals surface area contributed by atoms with Crippen LogP contribution in [-0.4, -0.2) is 31.5 Å². The summed E-state index contributed by atoms with van der Waals surface area (Å²) in [5, 5.41) is 0. The lowest BCUT2D eigenvalue weighted by molar-refractivity contribution is -0.0141. The van der Waals surface area contributed by atoms with Gasteiger partial charge in [0.25, 0.3) is 0 Å². The molecule has 54 valence electrons. The zero-order valence-corrected chi connectivity index (χ0v) is 5.84. The van der Waals surface area contributed by atoms with Crippen molar-refractivity contribution in [3.63, 3.8) is 0 Å². The molecule has 1 fully saturated rings. The molecule has 0 aromatic carbocycles. The Hall–Kier alpha value is -0.120. The van der Waals surface area contributed by atoms with Crippen LogP contribution in [0.5, 0.6) is 0 Å². The average molecular weight is 130 g/mol. The number of hydrogen-bond donors (Lipinski definition) is 1. The fraction of sp³-hybridized carbons (Fsp3) is 1.00. The second-order valence-electron chi connectivity index (χ2n) is 2.37. The summed E-state index contributed by atoms with van der Waals surface area (Å²) in [5.41, 5.74) is 5.58. The predicted molar refractivity (Wildman–Crippen MR) is 35.8 cm³/mol. The first-order valence-corrected chi connectivity index (χ1v) is 3.37. The van der Waals surface area contributed by atoms with Gasteiger partial charge in [0.05, 0.1) is 0 Å². The van der Waals surface area contributed by atoms with Gasteiger partial charge in [-0.05, 0) is 12.8 Å². The highest BCUT2D eigenvalue weighted by Crippen LogP contribution is 2.08. The summed E-state index contributed by atoms with van der Waals surface area (Å²) in [6.45, 7) is 2.18. The highest BCUT2D eigenvalue weighted by Gasteiger charge is 2.16. The van der Waals surface area contributed by atoms with Crippen molar-refractivity contribution < 1.29 is 4.74 Å². The molecule has 2 N–H and O–H groups in total. The molecular weight excluding hydrogens is 116 g/mol. The molecular formula is C6H14N2O. The number of rotatable bonds is 2. The first-order chi connectivity index (χ1) is 4.34. The van der Waals surface area contributed by atoms with Crippen LogP contribution in [0, 0.1) is 0 Å². The van der Waals surface area contributed by atoms with Crippen molar-refractivity contribution in [2.75, 3.05) is 20.2 Å². The summed E-state index contributed by atoms with van der Waals surface area (Å²) in [7, 11) is 1.64. The molecule has 9 heavy (non-hydrogen) atoms. The predicted octanol–water partition coefficient (Wildman–Crippen LogP) is -0.0291. The zero-order chi connectivity index (χ0) is 6.69. The summed E-state index contributed by atoms with van der Waals surface area (Å²) in [6.07, 6.45) is 2.35. The highest BCUT2D eigenvalue weighted by atomic mass is 16.5. The number of ether oxygens (including phenoxy) is 1. The molecule has 0 saturated carbocycles. The molecule has 1 saturated heterocycles. The molecule has 0 amide bonds. The lowest BCUT2D eigenvalue weighted by Crippen LogP contribution is -2.41. The Morgan fingerprint density at radius 2 is 2.00 bits per heavy atom. The van der Waals surface area contributed by atoms with Gasteiger partial charge in [0.15, 0.2) is 6.35 Å². The quantitative estimate of drug-likeness (QED) is 0.533. The first-order valence-electron chi connectivity index (χ1n) is 3.37. The molecule has 3 heteroatoms. The summed E-state index contributed by atoms with van der Waals surface area (Å²) < 4.78 is 4.94. The van der Waals surface area contributed by atoms with Crippen molar-refractivity contribution in [1.82, 2.24) is 4.90 Å². The van der Waals surface area contributed by atoms with E-state index >= 15 is 0 Å². The lowest BCUT2D eigenvalue weighted by atomic mass is 10.4. The molecule has 1 aliphatic rings. The van der Waals surface area contributed by atoms with E-state index in [0.29, 0.717) is 0 Å². The molecule has 1 heterocycles. The molecule has 1 atom stereocenters. The van der Waals surface area contributed by atoms with E-state index < -0.39 is 0 Å². The van der Waals surface area contributed by atoms with Gasteiger partial charge in [-0.3, -0.25) is 10.6 Å². The minimum atomic E-state index is -0.174. The Bertz CT molecular complexity index is 81.1. The number of nitrogens with two attached hydrogens (primary N) is 1. The fourth-order valence-corrected chi connectivity index (χ4v) is 1.15. The fourth-order valence-electron chi connectivity index (χ4n) is 1.15. The topological polar surface area (TPSA) is 38.5 Å². The SMILES string of the molecule is COC(N)N1CCCC1. The van der Waals surface area contributed by atoms with Crippen LogP contribution in [0.25, 0.3) is 0 Å². The maximum Gasteiger partial charge on any atom is 0.163 e. The summed E-state index contributed by atoms with van der Waals surface area (Å²) >= 11 is 0. The third kappa shape index (κ3) is 1.64. The van der Waals surface area contributed by atoms with E-state index in [1.807, 2.05) is 0 Å². The van der Waals surface area contributed by atoms with Crippen LogP contribution in [0.3, 0.4) is 0 Å². The summed E-state index contributed by atoms with van der Waals surface area (Å²) in [6, 6.07) is 0. The van der Waals surface area contributed by atoms with Crippen molar-refractivity contribution in [2.45, 2.75) is 19.2 Å². The van der Waals surface area contributed by atoms with Crippen molar-refractivity contribution in [3.8, 4) is 0 Å². The largest absolute Gasteiger partial charge is 0.353 e. The van der Waals surface area contributed by atoms with Crippen molar-refractivity contribution in [2.24, 2.45) is 5.73 Å². The molecule has 0 radical (unpaired) electrons. The van der Waals surface area contributed by atoms with E-state index in [9.17, 15) is 0 Å². The number of hydrogen-bond acceptors (Lipinski definition) is 3. The van der Waals surface area contributed by atoms with Crippen molar-refractivity contribution in [3.05, 3.63) is 0 Å². The Morgan fingerprint density at radius 1 is 1.44 bits per heavy atom. The maximum atomic E-state index is 5.58. The highest BCUT2D eigenvalue weighted by molar-refractivity contribution is 4.65. The number of likely N-dealkylation sites (tertiary alicyclic amines) is 1. The van der Waals surface area contributed by atoms with E-state index in [2.05, 4.69) is 4.90 Å². The van der Waals surface area contributed by atoms with Crippen LogP contribution in [0.2, 0.25) is 0 Å². The molecule has 1 rings (SSSR count). The number of methoxy groups -OCH3 is 1. The van der Waals surface area contributed by atoms with E-state index in [-0.39, 0.29) is 6.35 Å². The molecule has 0 bridgehead atoms. The molecule has 1 aliphatic heterocycles. The molecule has 0 aromatic rings. The maximum absolute atomic E-state index is 5.58. The van der Waals surface area contributed by atoms with Gasteiger partial charge in [0, 0.05) is 20.2 Å². The summed E-state index contributed by atoms with van der Waals surface area (Å²) in [4.78, 5) is 2.14. The molecule has 0 aromatic heterocycles. The monoisotopic (exact) mass is 130 g/mol. The normalized spacial score (nSPS) is 24.7.